The van der Waals surface area contributed by atoms with Crippen LogP contribution >= 0.6 is 0 Å². The molecule has 1 heterocycles. The van der Waals surface area contributed by atoms with E-state index in [1.165, 1.54) is 6.07 Å². The van der Waals surface area contributed by atoms with Crippen molar-refractivity contribution in [2.75, 3.05) is 0 Å². The van der Waals surface area contributed by atoms with Crippen LogP contribution in [0, 0.1) is 0 Å². The van der Waals surface area contributed by atoms with Crippen molar-refractivity contribution in [3.05, 3.63) is 64.2 Å². The van der Waals surface area contributed by atoms with Crippen LogP contribution in [0.2, 0.25) is 0 Å². The first-order valence-electron chi connectivity index (χ1n) is 7.69. The summed E-state index contributed by atoms with van der Waals surface area (Å²) in [5.74, 6) is -0.256. The molecule has 0 saturated heterocycles. The van der Waals surface area contributed by atoms with Gasteiger partial charge in [0.1, 0.15) is 12.0 Å². The molecule has 0 fully saturated rings. The van der Waals surface area contributed by atoms with E-state index in [0.717, 1.165) is 23.0 Å². The van der Waals surface area contributed by atoms with E-state index in [-0.39, 0.29) is 23.1 Å². The Bertz CT molecular complexity index is 755. The summed E-state index contributed by atoms with van der Waals surface area (Å²) in [5.41, 5.74) is 3.73. The number of hydrogen-bond acceptors (Lipinski definition) is 3. The SMILES string of the molecule is CC(C)c1cc(C(=O)N2Cc3ccccc3C2)c(O)cc1C=O. The topological polar surface area (TPSA) is 57.6 Å². The van der Waals surface area contributed by atoms with Crippen molar-refractivity contribution in [1.29, 1.82) is 0 Å². The van der Waals surface area contributed by atoms with Crippen molar-refractivity contribution in [3.8, 4) is 5.75 Å². The Morgan fingerprint density at radius 2 is 1.78 bits per heavy atom. The number of phenols is 1. The van der Waals surface area contributed by atoms with Gasteiger partial charge in [0.2, 0.25) is 0 Å². The minimum Gasteiger partial charge on any atom is -0.507 e. The van der Waals surface area contributed by atoms with Crippen molar-refractivity contribution >= 4 is 12.2 Å². The third-order valence-corrected chi connectivity index (χ3v) is 4.31. The number of hydrogen-bond donors (Lipinski definition) is 1. The third-order valence-electron chi connectivity index (χ3n) is 4.31. The molecule has 1 aliphatic heterocycles. The highest BCUT2D eigenvalue weighted by molar-refractivity contribution is 5.98. The van der Waals surface area contributed by atoms with Gasteiger partial charge in [-0.05, 0) is 34.7 Å². The highest BCUT2D eigenvalue weighted by atomic mass is 16.3. The van der Waals surface area contributed by atoms with E-state index in [1.807, 2.05) is 38.1 Å². The van der Waals surface area contributed by atoms with Crippen molar-refractivity contribution < 1.29 is 14.7 Å². The average Bonchev–Trinajstić information content (AvgIpc) is 2.97. The Morgan fingerprint density at radius 3 is 2.30 bits per heavy atom. The summed E-state index contributed by atoms with van der Waals surface area (Å²) in [6.07, 6.45) is 0.717. The molecule has 0 atom stereocenters. The van der Waals surface area contributed by atoms with E-state index in [2.05, 4.69) is 0 Å². The maximum absolute atomic E-state index is 12.8. The summed E-state index contributed by atoms with van der Waals surface area (Å²) < 4.78 is 0. The van der Waals surface area contributed by atoms with Gasteiger partial charge >= 0.3 is 0 Å². The molecule has 0 saturated carbocycles. The predicted octanol–water partition coefficient (Wildman–Crippen LogP) is 3.48. The molecule has 1 N–H and O–H groups in total. The molecule has 0 radical (unpaired) electrons. The summed E-state index contributed by atoms with van der Waals surface area (Å²) in [6, 6.07) is 11.0. The van der Waals surface area contributed by atoms with Gasteiger partial charge in [0.05, 0.1) is 5.56 Å². The fraction of sp³-hybridized carbons (Fsp3) is 0.263. The smallest absolute Gasteiger partial charge is 0.258 e. The van der Waals surface area contributed by atoms with Crippen LogP contribution in [0.4, 0.5) is 0 Å². The van der Waals surface area contributed by atoms with E-state index in [9.17, 15) is 14.7 Å². The van der Waals surface area contributed by atoms with Gasteiger partial charge < -0.3 is 10.0 Å². The summed E-state index contributed by atoms with van der Waals surface area (Å²) in [5, 5.41) is 10.2. The lowest BCUT2D eigenvalue weighted by molar-refractivity contribution is 0.0748. The first-order valence-corrected chi connectivity index (χ1v) is 7.69. The second-order valence-electron chi connectivity index (χ2n) is 6.20. The van der Waals surface area contributed by atoms with Crippen LogP contribution in [-0.4, -0.2) is 22.2 Å². The molecule has 1 amide bonds. The fourth-order valence-corrected chi connectivity index (χ4v) is 3.04. The number of benzene rings is 2. The standard InChI is InChI=1S/C19H19NO3/c1-12(2)16-8-17(18(22)7-15(16)11-21)19(23)20-9-13-5-3-4-6-14(13)10-20/h3-8,11-12,22H,9-10H2,1-2H3. The minimum absolute atomic E-state index is 0.0955. The van der Waals surface area contributed by atoms with E-state index in [1.54, 1.807) is 11.0 Å². The quantitative estimate of drug-likeness (QED) is 0.883. The molecule has 23 heavy (non-hydrogen) atoms. The first kappa shape index (κ1) is 15.3. The number of nitrogens with zero attached hydrogens (tertiary/aromatic N) is 1. The maximum atomic E-state index is 12.8. The van der Waals surface area contributed by atoms with Crippen LogP contribution in [0.5, 0.6) is 5.75 Å². The van der Waals surface area contributed by atoms with Crippen molar-refractivity contribution in [1.82, 2.24) is 4.90 Å². The van der Waals surface area contributed by atoms with Gasteiger partial charge in [0, 0.05) is 18.7 Å². The molecule has 4 heteroatoms. The zero-order valence-electron chi connectivity index (χ0n) is 13.2. The Morgan fingerprint density at radius 1 is 1.17 bits per heavy atom. The summed E-state index contributed by atoms with van der Waals surface area (Å²) in [7, 11) is 0. The van der Waals surface area contributed by atoms with Crippen LogP contribution in [0.25, 0.3) is 0 Å². The summed E-state index contributed by atoms with van der Waals surface area (Å²) in [4.78, 5) is 25.7. The Kier molecular flexibility index (Phi) is 3.90. The third kappa shape index (κ3) is 2.72. The van der Waals surface area contributed by atoms with E-state index in [4.69, 9.17) is 0 Å². The molecule has 2 aromatic rings. The van der Waals surface area contributed by atoms with Crippen molar-refractivity contribution in [3.63, 3.8) is 0 Å². The highest BCUT2D eigenvalue weighted by Crippen LogP contribution is 2.30. The number of phenolic OH excluding ortho intramolecular Hbond substituents is 1. The maximum Gasteiger partial charge on any atom is 0.258 e. The number of aldehydes is 1. The molecule has 0 aliphatic carbocycles. The highest BCUT2D eigenvalue weighted by Gasteiger charge is 2.26. The van der Waals surface area contributed by atoms with Gasteiger partial charge in [-0.15, -0.1) is 0 Å². The lowest BCUT2D eigenvalue weighted by Crippen LogP contribution is -2.25. The summed E-state index contributed by atoms with van der Waals surface area (Å²) in [6.45, 7) is 5.00. The predicted molar refractivity (Wildman–Crippen MR) is 87.6 cm³/mol. The van der Waals surface area contributed by atoms with Crippen molar-refractivity contribution in [2.24, 2.45) is 0 Å². The first-order chi connectivity index (χ1) is 11.0. The second-order valence-corrected chi connectivity index (χ2v) is 6.20. The lowest BCUT2D eigenvalue weighted by Gasteiger charge is -2.18. The van der Waals surface area contributed by atoms with Crippen molar-refractivity contribution in [2.45, 2.75) is 32.9 Å². The number of carbonyl (C=O) groups excluding carboxylic acids is 2. The minimum atomic E-state index is -0.210. The monoisotopic (exact) mass is 309 g/mol. The molecule has 0 aromatic heterocycles. The molecule has 3 rings (SSSR count). The van der Waals surface area contributed by atoms with Crippen LogP contribution in [0.3, 0.4) is 0 Å². The molecule has 4 nitrogen and oxygen atoms in total. The molecular formula is C19H19NO3. The Labute approximate surface area is 135 Å². The number of carbonyl (C=O) groups is 2. The van der Waals surface area contributed by atoms with Gasteiger partial charge in [-0.25, -0.2) is 0 Å². The fourth-order valence-electron chi connectivity index (χ4n) is 3.04. The number of aromatic hydroxyl groups is 1. The second kappa shape index (κ2) is 5.88. The number of rotatable bonds is 3. The zero-order chi connectivity index (χ0) is 16.6. The van der Waals surface area contributed by atoms with Gasteiger partial charge in [0.15, 0.2) is 0 Å². The Balaban J connectivity index is 1.95. The number of amides is 1. The molecule has 0 spiro atoms. The van der Waals surface area contributed by atoms with E-state index >= 15 is 0 Å². The molecular weight excluding hydrogens is 290 g/mol. The number of fused-ring (bicyclic) bond motifs is 1. The average molecular weight is 309 g/mol. The van der Waals surface area contributed by atoms with Crippen LogP contribution in [0.15, 0.2) is 36.4 Å². The van der Waals surface area contributed by atoms with Crippen LogP contribution in [-0.2, 0) is 13.1 Å². The van der Waals surface area contributed by atoms with Gasteiger partial charge in [-0.3, -0.25) is 9.59 Å². The lowest BCUT2D eigenvalue weighted by atomic mass is 9.94. The normalized spacial score (nSPS) is 13.3. The summed E-state index contributed by atoms with van der Waals surface area (Å²) >= 11 is 0. The van der Waals surface area contributed by atoms with E-state index in [0.29, 0.717) is 18.7 Å². The molecule has 1 aliphatic rings. The largest absolute Gasteiger partial charge is 0.507 e. The van der Waals surface area contributed by atoms with Gasteiger partial charge in [-0.1, -0.05) is 38.1 Å². The molecule has 2 aromatic carbocycles. The van der Waals surface area contributed by atoms with Gasteiger partial charge in [0.25, 0.3) is 5.91 Å². The Hall–Kier alpha value is -2.62. The van der Waals surface area contributed by atoms with Gasteiger partial charge in [-0.2, -0.15) is 0 Å². The zero-order valence-corrected chi connectivity index (χ0v) is 13.2. The van der Waals surface area contributed by atoms with Crippen LogP contribution < -0.4 is 0 Å². The van der Waals surface area contributed by atoms with Crippen LogP contribution in [0.1, 0.15) is 57.2 Å². The van der Waals surface area contributed by atoms with E-state index < -0.39 is 0 Å². The molecule has 0 bridgehead atoms. The molecule has 118 valence electrons. The molecule has 0 unspecified atom stereocenters.